The molecule has 17 heavy (non-hydrogen) atoms. The number of aryl methyl sites for hydroxylation is 1. The van der Waals surface area contributed by atoms with Crippen LogP contribution in [-0.2, 0) is 0 Å². The van der Waals surface area contributed by atoms with Gasteiger partial charge in [0.05, 0.1) is 0 Å². The van der Waals surface area contributed by atoms with Crippen molar-refractivity contribution in [3.8, 4) is 0 Å². The Kier molecular flexibility index (Phi) is 6.33. The predicted octanol–water partition coefficient (Wildman–Crippen LogP) is 5.50. The molecule has 0 aromatic heterocycles. The summed E-state index contributed by atoms with van der Waals surface area (Å²) in [6, 6.07) is 14.9. The van der Waals surface area contributed by atoms with Crippen LogP contribution in [0.15, 0.2) is 42.5 Å². The van der Waals surface area contributed by atoms with E-state index in [1.165, 1.54) is 16.3 Å². The molecule has 0 saturated heterocycles. The van der Waals surface area contributed by atoms with Gasteiger partial charge in [0.25, 0.3) is 0 Å². The van der Waals surface area contributed by atoms with Crippen molar-refractivity contribution < 1.29 is 0 Å². The lowest BCUT2D eigenvalue weighted by atomic mass is 10.1. The van der Waals surface area contributed by atoms with E-state index in [-0.39, 0.29) is 12.2 Å². The molecule has 0 atom stereocenters. The fourth-order valence-corrected chi connectivity index (χ4v) is 1.31. The molecule has 94 valence electrons. The van der Waals surface area contributed by atoms with Gasteiger partial charge in [0.2, 0.25) is 0 Å². The van der Waals surface area contributed by atoms with Gasteiger partial charge in [-0.2, -0.15) is 12.6 Å². The van der Waals surface area contributed by atoms with E-state index in [9.17, 15) is 0 Å². The summed E-state index contributed by atoms with van der Waals surface area (Å²) < 4.78 is 0.194. The maximum atomic E-state index is 4.12. The molecule has 0 spiro atoms. The van der Waals surface area contributed by atoms with E-state index in [0.717, 1.165) is 0 Å². The summed E-state index contributed by atoms with van der Waals surface area (Å²) in [6.07, 6.45) is 0. The van der Waals surface area contributed by atoms with Crippen molar-refractivity contribution in [2.24, 2.45) is 0 Å². The average molecular weight is 248 g/mol. The quantitative estimate of drug-likeness (QED) is 0.585. The number of fused-ring (bicyclic) bond motifs is 1. The number of hydrogen-bond acceptors (Lipinski definition) is 1. The third kappa shape index (κ3) is 7.06. The molecule has 0 fully saturated rings. The van der Waals surface area contributed by atoms with Crippen molar-refractivity contribution in [1.29, 1.82) is 0 Å². The van der Waals surface area contributed by atoms with E-state index in [0.29, 0.717) is 0 Å². The highest BCUT2D eigenvalue weighted by molar-refractivity contribution is 7.81. The summed E-state index contributed by atoms with van der Waals surface area (Å²) in [7, 11) is 0. The smallest absolute Gasteiger partial charge is 0.00449 e. The van der Waals surface area contributed by atoms with E-state index in [1.807, 2.05) is 0 Å². The second-order valence-electron chi connectivity index (χ2n) is 5.02. The third-order valence-corrected chi connectivity index (χ3v) is 1.90. The van der Waals surface area contributed by atoms with Crippen molar-refractivity contribution in [3.05, 3.63) is 48.0 Å². The largest absolute Gasteiger partial charge is 0.173 e. The van der Waals surface area contributed by atoms with Crippen LogP contribution >= 0.6 is 12.6 Å². The molecule has 0 unspecified atom stereocenters. The van der Waals surface area contributed by atoms with Crippen molar-refractivity contribution in [1.82, 2.24) is 0 Å². The predicted molar refractivity (Wildman–Crippen MR) is 84.2 cm³/mol. The van der Waals surface area contributed by atoms with Crippen molar-refractivity contribution in [3.63, 3.8) is 0 Å². The van der Waals surface area contributed by atoms with E-state index in [2.05, 4.69) is 82.8 Å². The average Bonchev–Trinajstić information content (AvgIpc) is 2.15. The Balaban J connectivity index is 0.000000373. The Morgan fingerprint density at radius 1 is 0.882 bits per heavy atom. The first kappa shape index (κ1) is 16.1. The molecule has 0 N–H and O–H groups in total. The summed E-state index contributed by atoms with van der Waals surface area (Å²) in [6.45, 7) is 8.27. The summed E-state index contributed by atoms with van der Waals surface area (Å²) in [5.41, 5.74) is 1.32. The second-order valence-corrected chi connectivity index (χ2v) is 6.36. The summed E-state index contributed by atoms with van der Waals surface area (Å²) in [4.78, 5) is 0. The lowest BCUT2D eigenvalue weighted by Crippen LogP contribution is -1.99. The van der Waals surface area contributed by atoms with Gasteiger partial charge in [-0.3, -0.25) is 0 Å². The number of hydrogen-bond donors (Lipinski definition) is 1. The van der Waals surface area contributed by atoms with Gasteiger partial charge in [-0.05, 0) is 17.7 Å². The summed E-state index contributed by atoms with van der Waals surface area (Å²) in [5, 5.41) is 2.64. The first-order valence-electron chi connectivity index (χ1n) is 5.54. The van der Waals surface area contributed by atoms with Crippen LogP contribution in [-0.4, -0.2) is 4.75 Å². The fraction of sp³-hybridized carbons (Fsp3) is 0.375. The lowest BCUT2D eigenvalue weighted by molar-refractivity contribution is 0.812. The Morgan fingerprint density at radius 2 is 1.35 bits per heavy atom. The third-order valence-electron chi connectivity index (χ3n) is 1.90. The molecule has 2 rings (SSSR count). The topological polar surface area (TPSA) is 0 Å². The molecule has 0 aliphatic carbocycles. The first-order valence-corrected chi connectivity index (χ1v) is 5.99. The van der Waals surface area contributed by atoms with E-state index < -0.39 is 0 Å². The Hall–Kier alpha value is -0.950. The van der Waals surface area contributed by atoms with Crippen LogP contribution in [0.5, 0.6) is 0 Å². The minimum Gasteiger partial charge on any atom is -0.173 e. The molecular weight excluding hydrogens is 224 g/mol. The van der Waals surface area contributed by atoms with Crippen LogP contribution in [0.4, 0.5) is 0 Å². The lowest BCUT2D eigenvalue weighted by Gasteiger charge is -2.04. The highest BCUT2D eigenvalue weighted by atomic mass is 32.1. The SMILES string of the molecule is C.CC(C)(C)S.Cc1ccc2ccccc2c1. The van der Waals surface area contributed by atoms with E-state index in [1.54, 1.807) is 0 Å². The van der Waals surface area contributed by atoms with Crippen LogP contribution in [0.2, 0.25) is 0 Å². The first-order chi connectivity index (χ1) is 7.36. The van der Waals surface area contributed by atoms with Crippen LogP contribution in [0.25, 0.3) is 10.8 Å². The zero-order valence-electron chi connectivity index (χ0n) is 10.5. The number of benzene rings is 2. The molecule has 2 aromatic rings. The van der Waals surface area contributed by atoms with Crippen LogP contribution in [0, 0.1) is 6.92 Å². The maximum Gasteiger partial charge on any atom is 0.00449 e. The van der Waals surface area contributed by atoms with Gasteiger partial charge < -0.3 is 0 Å². The summed E-state index contributed by atoms with van der Waals surface area (Å²) >= 11 is 4.12. The van der Waals surface area contributed by atoms with Gasteiger partial charge >= 0.3 is 0 Å². The zero-order valence-corrected chi connectivity index (χ0v) is 11.4. The van der Waals surface area contributed by atoms with Crippen molar-refractivity contribution in [2.75, 3.05) is 0 Å². The van der Waals surface area contributed by atoms with Crippen LogP contribution < -0.4 is 0 Å². The van der Waals surface area contributed by atoms with Crippen LogP contribution in [0.3, 0.4) is 0 Å². The second kappa shape index (κ2) is 6.70. The standard InChI is InChI=1S/C11H10.C4H10S.CH4/c1-9-6-7-10-4-2-3-5-11(10)8-9;1-4(2,3)5;/h2-8H,1H3;5H,1-3H3;1H4. The maximum absolute atomic E-state index is 4.12. The zero-order chi connectivity index (χ0) is 12.2. The van der Waals surface area contributed by atoms with Gasteiger partial charge in [0.15, 0.2) is 0 Å². The highest BCUT2D eigenvalue weighted by Gasteiger charge is 1.96. The molecule has 0 bridgehead atoms. The van der Waals surface area contributed by atoms with Gasteiger partial charge in [0, 0.05) is 4.75 Å². The molecule has 2 aromatic carbocycles. The minimum absolute atomic E-state index is 0. The molecule has 0 amide bonds. The monoisotopic (exact) mass is 248 g/mol. The Bertz CT molecular complexity index is 446. The molecule has 0 radical (unpaired) electrons. The molecule has 0 aliphatic rings. The van der Waals surface area contributed by atoms with Crippen LogP contribution in [0.1, 0.15) is 33.8 Å². The molecular formula is C16H24S. The Labute approximate surface area is 111 Å². The molecule has 1 heteroatoms. The Morgan fingerprint density at radius 3 is 1.88 bits per heavy atom. The fourth-order valence-electron chi connectivity index (χ4n) is 1.31. The van der Waals surface area contributed by atoms with Crippen molar-refractivity contribution in [2.45, 2.75) is 39.9 Å². The van der Waals surface area contributed by atoms with Gasteiger partial charge in [-0.1, -0.05) is 76.2 Å². The number of rotatable bonds is 0. The molecule has 0 nitrogen and oxygen atoms in total. The summed E-state index contributed by atoms with van der Waals surface area (Å²) in [5.74, 6) is 0. The van der Waals surface area contributed by atoms with Gasteiger partial charge in [-0.15, -0.1) is 0 Å². The van der Waals surface area contributed by atoms with Gasteiger partial charge in [0.1, 0.15) is 0 Å². The van der Waals surface area contributed by atoms with Gasteiger partial charge in [-0.25, -0.2) is 0 Å². The van der Waals surface area contributed by atoms with E-state index >= 15 is 0 Å². The van der Waals surface area contributed by atoms with E-state index in [4.69, 9.17) is 0 Å². The molecule has 0 saturated carbocycles. The molecule has 0 heterocycles. The molecule has 0 aliphatic heterocycles. The normalized spacial score (nSPS) is 10.2. The highest BCUT2D eigenvalue weighted by Crippen LogP contribution is 2.14. The minimum atomic E-state index is 0. The van der Waals surface area contributed by atoms with Crippen molar-refractivity contribution >= 4 is 23.4 Å². The number of thiol groups is 1.